The van der Waals surface area contributed by atoms with Crippen molar-refractivity contribution in [3.63, 3.8) is 0 Å². The molecule has 0 amide bonds. The van der Waals surface area contributed by atoms with Crippen LogP contribution in [0.25, 0.3) is 0 Å². The Balaban J connectivity index is 2.22. The first-order valence-electron chi connectivity index (χ1n) is 11.0. The number of carbonyl (C=O) groups is 3. The molecule has 0 unspecified atom stereocenters. The standard InChI is InChI=1S/C25H31NO8/c1-13-12-16-21(22(27)18(13)24(28)33-6)20(15-8-7-9-17(31-4)23(15)32-5)19(14(2)26-16)25(29)34-11-10-30-3/h7-9,13,18,20,26H,10-12H2,1-6H3/t13-,18-,20+/m0/s1. The van der Waals surface area contributed by atoms with Crippen molar-refractivity contribution < 1.29 is 38.1 Å². The van der Waals surface area contributed by atoms with Gasteiger partial charge in [0.2, 0.25) is 0 Å². The van der Waals surface area contributed by atoms with Gasteiger partial charge in [-0.1, -0.05) is 19.1 Å². The Kier molecular flexibility index (Phi) is 7.98. The Bertz CT molecular complexity index is 1040. The number of hydrogen-bond acceptors (Lipinski definition) is 9. The third kappa shape index (κ3) is 4.52. The fraction of sp³-hybridized carbons (Fsp3) is 0.480. The van der Waals surface area contributed by atoms with Crippen LogP contribution < -0.4 is 14.8 Å². The second-order valence-electron chi connectivity index (χ2n) is 8.25. The highest BCUT2D eigenvalue weighted by atomic mass is 16.6. The van der Waals surface area contributed by atoms with Crippen LogP contribution in [0.15, 0.2) is 40.7 Å². The number of benzene rings is 1. The third-order valence-electron chi connectivity index (χ3n) is 6.23. The zero-order valence-electron chi connectivity index (χ0n) is 20.4. The lowest BCUT2D eigenvalue weighted by molar-refractivity contribution is -0.151. The Hall–Kier alpha value is -3.33. The van der Waals surface area contributed by atoms with Crippen molar-refractivity contribution in [1.82, 2.24) is 5.32 Å². The highest BCUT2D eigenvalue weighted by molar-refractivity contribution is 6.12. The molecule has 0 saturated carbocycles. The minimum absolute atomic E-state index is 0.0513. The number of ketones is 1. The van der Waals surface area contributed by atoms with Crippen LogP contribution in [-0.4, -0.2) is 59.4 Å². The van der Waals surface area contributed by atoms with Gasteiger partial charge in [0, 0.05) is 29.6 Å². The Labute approximate surface area is 199 Å². The number of esters is 2. The molecule has 9 heteroatoms. The second kappa shape index (κ2) is 10.7. The van der Waals surface area contributed by atoms with Crippen LogP contribution in [0.4, 0.5) is 0 Å². The molecule has 1 aromatic carbocycles. The highest BCUT2D eigenvalue weighted by Crippen LogP contribution is 2.49. The lowest BCUT2D eigenvalue weighted by Crippen LogP contribution is -2.43. The first-order valence-corrected chi connectivity index (χ1v) is 11.0. The van der Waals surface area contributed by atoms with Gasteiger partial charge < -0.3 is 29.0 Å². The van der Waals surface area contributed by atoms with Crippen LogP contribution in [-0.2, 0) is 28.6 Å². The maximum Gasteiger partial charge on any atom is 0.336 e. The van der Waals surface area contributed by atoms with E-state index in [0.717, 1.165) is 0 Å². The molecular weight excluding hydrogens is 442 g/mol. The molecule has 1 N–H and O–H groups in total. The molecule has 0 spiro atoms. The number of Topliss-reactive ketones (excluding diaryl/α,β-unsaturated/α-hetero) is 1. The molecule has 3 rings (SSSR count). The number of para-hydroxylation sites is 1. The number of rotatable bonds is 8. The SMILES string of the molecule is COCCOC(=O)C1=C(C)NC2=C(C(=O)[C@@H](C(=O)OC)[C@@H](C)C2)[C@@H]1c1cccc(OC)c1OC. The fourth-order valence-electron chi connectivity index (χ4n) is 4.70. The summed E-state index contributed by atoms with van der Waals surface area (Å²) in [4.78, 5) is 39.6. The molecule has 184 valence electrons. The lowest BCUT2D eigenvalue weighted by Gasteiger charge is -2.38. The number of nitrogens with one attached hydrogen (secondary N) is 1. The summed E-state index contributed by atoms with van der Waals surface area (Å²) < 4.78 is 26.5. The van der Waals surface area contributed by atoms with Crippen LogP contribution in [0.3, 0.4) is 0 Å². The van der Waals surface area contributed by atoms with Gasteiger partial charge in [-0.2, -0.15) is 0 Å². The number of dihydropyridines is 1. The van der Waals surface area contributed by atoms with Gasteiger partial charge >= 0.3 is 11.9 Å². The summed E-state index contributed by atoms with van der Waals surface area (Å²) in [6.07, 6.45) is 0.437. The van der Waals surface area contributed by atoms with E-state index in [1.54, 1.807) is 25.1 Å². The van der Waals surface area contributed by atoms with E-state index in [2.05, 4.69) is 5.32 Å². The average Bonchev–Trinajstić information content (AvgIpc) is 2.82. The number of ether oxygens (including phenoxy) is 5. The van der Waals surface area contributed by atoms with Crippen molar-refractivity contribution in [2.75, 3.05) is 41.7 Å². The van der Waals surface area contributed by atoms with Gasteiger partial charge in [0.25, 0.3) is 0 Å². The maximum absolute atomic E-state index is 13.8. The van der Waals surface area contributed by atoms with Gasteiger partial charge in [0.15, 0.2) is 17.3 Å². The number of carbonyl (C=O) groups excluding carboxylic acids is 3. The zero-order chi connectivity index (χ0) is 25.0. The minimum Gasteiger partial charge on any atom is -0.493 e. The van der Waals surface area contributed by atoms with Crippen molar-refractivity contribution in [2.45, 2.75) is 26.2 Å². The molecule has 1 aliphatic carbocycles. The first-order chi connectivity index (χ1) is 16.3. The lowest BCUT2D eigenvalue weighted by atomic mass is 9.69. The molecule has 1 aliphatic heterocycles. The molecule has 0 fully saturated rings. The van der Waals surface area contributed by atoms with Gasteiger partial charge in [-0.05, 0) is 25.3 Å². The Morgan fingerprint density at radius 1 is 1.09 bits per heavy atom. The van der Waals surface area contributed by atoms with Crippen molar-refractivity contribution in [1.29, 1.82) is 0 Å². The molecule has 0 bridgehead atoms. The molecule has 3 atom stereocenters. The smallest absolute Gasteiger partial charge is 0.336 e. The first kappa shape index (κ1) is 25.3. The monoisotopic (exact) mass is 473 g/mol. The topological polar surface area (TPSA) is 109 Å². The molecular formula is C25H31NO8. The molecule has 0 saturated heterocycles. The molecule has 0 aromatic heterocycles. The predicted octanol–water partition coefficient (Wildman–Crippen LogP) is 2.51. The van der Waals surface area contributed by atoms with Gasteiger partial charge in [0.05, 0.1) is 39.4 Å². The van der Waals surface area contributed by atoms with E-state index in [1.807, 2.05) is 6.92 Å². The fourth-order valence-corrected chi connectivity index (χ4v) is 4.70. The molecule has 0 radical (unpaired) electrons. The summed E-state index contributed by atoms with van der Waals surface area (Å²) in [5.41, 5.74) is 2.36. The minimum atomic E-state index is -0.978. The van der Waals surface area contributed by atoms with Crippen LogP contribution in [0.2, 0.25) is 0 Å². The van der Waals surface area contributed by atoms with Crippen LogP contribution in [0, 0.1) is 11.8 Å². The normalized spacial score (nSPS) is 22.1. The van der Waals surface area contributed by atoms with Gasteiger partial charge in [-0.25, -0.2) is 4.79 Å². The van der Waals surface area contributed by atoms with Crippen molar-refractivity contribution in [2.24, 2.45) is 11.8 Å². The second-order valence-corrected chi connectivity index (χ2v) is 8.25. The van der Waals surface area contributed by atoms with E-state index in [9.17, 15) is 14.4 Å². The van der Waals surface area contributed by atoms with E-state index in [1.165, 1.54) is 28.4 Å². The molecule has 9 nitrogen and oxygen atoms in total. The largest absolute Gasteiger partial charge is 0.493 e. The molecule has 2 aliphatic rings. The number of allylic oxidation sites excluding steroid dienone is 3. The van der Waals surface area contributed by atoms with Gasteiger partial charge in [0.1, 0.15) is 12.5 Å². The quantitative estimate of drug-likeness (QED) is 0.346. The summed E-state index contributed by atoms with van der Waals surface area (Å²) >= 11 is 0. The summed E-state index contributed by atoms with van der Waals surface area (Å²) in [6, 6.07) is 5.26. The van der Waals surface area contributed by atoms with Gasteiger partial charge in [-0.15, -0.1) is 0 Å². The van der Waals surface area contributed by atoms with E-state index < -0.39 is 29.6 Å². The Morgan fingerprint density at radius 2 is 1.82 bits per heavy atom. The number of methoxy groups -OCH3 is 4. The van der Waals surface area contributed by atoms with E-state index >= 15 is 0 Å². The van der Waals surface area contributed by atoms with Crippen molar-refractivity contribution in [3.05, 3.63) is 46.3 Å². The summed E-state index contributed by atoms with van der Waals surface area (Å²) in [5, 5.41) is 3.23. The third-order valence-corrected chi connectivity index (χ3v) is 6.23. The predicted molar refractivity (Wildman–Crippen MR) is 122 cm³/mol. The van der Waals surface area contributed by atoms with Crippen LogP contribution in [0.5, 0.6) is 11.5 Å². The molecule has 1 aromatic rings. The van der Waals surface area contributed by atoms with Crippen molar-refractivity contribution in [3.8, 4) is 11.5 Å². The molecule has 34 heavy (non-hydrogen) atoms. The zero-order valence-corrected chi connectivity index (χ0v) is 20.4. The highest BCUT2D eigenvalue weighted by Gasteiger charge is 2.48. The van der Waals surface area contributed by atoms with E-state index in [4.69, 9.17) is 23.7 Å². The number of hydrogen-bond donors (Lipinski definition) is 1. The van der Waals surface area contributed by atoms with E-state index in [-0.39, 0.29) is 24.7 Å². The maximum atomic E-state index is 13.8. The Morgan fingerprint density at radius 3 is 2.44 bits per heavy atom. The summed E-state index contributed by atoms with van der Waals surface area (Å²) in [7, 11) is 5.77. The summed E-state index contributed by atoms with van der Waals surface area (Å²) in [6.45, 7) is 3.88. The van der Waals surface area contributed by atoms with Gasteiger partial charge in [-0.3, -0.25) is 9.59 Å². The average molecular weight is 474 g/mol. The van der Waals surface area contributed by atoms with Crippen LogP contribution in [0.1, 0.15) is 31.7 Å². The summed E-state index contributed by atoms with van der Waals surface area (Å²) in [5.74, 6) is -2.83. The van der Waals surface area contributed by atoms with Crippen LogP contribution >= 0.6 is 0 Å². The van der Waals surface area contributed by atoms with Crippen molar-refractivity contribution >= 4 is 17.7 Å². The molecule has 1 heterocycles. The van der Waals surface area contributed by atoms with E-state index in [0.29, 0.717) is 40.5 Å².